The number of rotatable bonds is 7. The number of alkyl halides is 3. The molecule has 0 spiro atoms. The molecule has 0 saturated heterocycles. The van der Waals surface area contributed by atoms with Crippen molar-refractivity contribution in [2.45, 2.75) is 49.9 Å². The van der Waals surface area contributed by atoms with Gasteiger partial charge in [-0.1, -0.05) is 60.7 Å². The summed E-state index contributed by atoms with van der Waals surface area (Å²) in [5, 5.41) is 11.1. The molecule has 10 heteroatoms. The molecular weight excluding hydrogens is 619 g/mol. The van der Waals surface area contributed by atoms with Gasteiger partial charge in [-0.2, -0.15) is 13.2 Å². The number of aliphatic hydroxyl groups excluding tert-OH is 1. The number of aryl methyl sites for hydroxylation is 1. The minimum Gasteiger partial charge on any atom is -0.457 e. The molecule has 7 nitrogen and oxygen atoms in total. The summed E-state index contributed by atoms with van der Waals surface area (Å²) in [6, 6.07) is 28.5. The van der Waals surface area contributed by atoms with E-state index < -0.39 is 29.2 Å². The van der Waals surface area contributed by atoms with Crippen LogP contribution in [0.15, 0.2) is 108 Å². The largest absolute Gasteiger partial charge is 0.457 e. The number of hydrogen-bond acceptors (Lipinski definition) is 5. The Morgan fingerprint density at radius 2 is 1.60 bits per heavy atom. The van der Waals surface area contributed by atoms with Gasteiger partial charge in [0.25, 0.3) is 11.5 Å². The van der Waals surface area contributed by atoms with Gasteiger partial charge >= 0.3 is 6.18 Å². The van der Waals surface area contributed by atoms with Gasteiger partial charge < -0.3 is 19.7 Å². The zero-order chi connectivity index (χ0) is 33.5. The lowest BCUT2D eigenvalue weighted by molar-refractivity contribution is -0.141. The average molecular weight is 652 g/mol. The van der Waals surface area contributed by atoms with Crippen molar-refractivity contribution < 1.29 is 27.8 Å². The number of halogens is 3. The molecule has 2 heterocycles. The first-order valence-electron chi connectivity index (χ1n) is 15.8. The average Bonchev–Trinajstić information content (AvgIpc) is 3.93. The highest BCUT2D eigenvalue weighted by molar-refractivity contribution is 5.83. The van der Waals surface area contributed by atoms with E-state index in [-0.39, 0.29) is 17.7 Å². The summed E-state index contributed by atoms with van der Waals surface area (Å²) in [5.41, 5.74) is 1.46. The fourth-order valence-electron chi connectivity index (χ4n) is 6.38. The Bertz CT molecular complexity index is 2040. The molecule has 4 aromatic carbocycles. The fraction of sp³-hybridized carbons (Fsp3) is 0.237. The van der Waals surface area contributed by atoms with Crippen molar-refractivity contribution in [3.8, 4) is 22.6 Å². The van der Waals surface area contributed by atoms with Crippen molar-refractivity contribution in [3.63, 3.8) is 0 Å². The van der Waals surface area contributed by atoms with Crippen molar-refractivity contribution in [2.75, 3.05) is 6.54 Å². The predicted octanol–water partition coefficient (Wildman–Crippen LogP) is 7.34. The van der Waals surface area contributed by atoms with E-state index in [9.17, 15) is 27.9 Å². The van der Waals surface area contributed by atoms with Crippen LogP contribution in [0.4, 0.5) is 13.2 Å². The zero-order valence-electron chi connectivity index (χ0n) is 25.8. The number of nitrogens with zero attached hydrogens (tertiary/aromatic N) is 2. The minimum absolute atomic E-state index is 0.0193. The van der Waals surface area contributed by atoms with Crippen LogP contribution in [0, 0.1) is 0 Å². The number of benzene rings is 4. The van der Waals surface area contributed by atoms with E-state index in [1.165, 1.54) is 17.0 Å². The van der Waals surface area contributed by atoms with Crippen molar-refractivity contribution in [1.29, 1.82) is 0 Å². The number of para-hydroxylation sites is 1. The van der Waals surface area contributed by atoms with Crippen molar-refractivity contribution in [3.05, 3.63) is 147 Å². The first-order valence-corrected chi connectivity index (χ1v) is 15.8. The lowest BCUT2D eigenvalue weighted by Crippen LogP contribution is -2.36. The molecule has 1 fully saturated rings. The van der Waals surface area contributed by atoms with Crippen LogP contribution in [-0.2, 0) is 29.4 Å². The molecule has 2 aliphatic rings. The number of hydrogen-bond donors (Lipinski definition) is 2. The van der Waals surface area contributed by atoms with E-state index in [1.807, 2.05) is 54.6 Å². The second-order valence-corrected chi connectivity index (χ2v) is 12.3. The lowest BCUT2D eigenvalue weighted by Gasteiger charge is -2.24. The third-order valence-corrected chi connectivity index (χ3v) is 9.13. The lowest BCUT2D eigenvalue weighted by atomic mass is 9.94. The number of carbonyl (C=O) groups is 1. The van der Waals surface area contributed by atoms with Gasteiger partial charge in [-0.3, -0.25) is 9.59 Å². The van der Waals surface area contributed by atoms with Gasteiger partial charge in [-0.25, -0.2) is 4.98 Å². The first-order chi connectivity index (χ1) is 23.1. The molecule has 48 heavy (non-hydrogen) atoms. The Labute approximate surface area is 274 Å². The summed E-state index contributed by atoms with van der Waals surface area (Å²) < 4.78 is 45.9. The highest BCUT2D eigenvalue weighted by Gasteiger charge is 2.49. The Morgan fingerprint density at radius 1 is 0.896 bits per heavy atom. The Kier molecular flexibility index (Phi) is 8.12. The van der Waals surface area contributed by atoms with Gasteiger partial charge in [-0.05, 0) is 90.4 Å². The standard InChI is InChI=1S/C38H32F3N3O4/c39-38(40,41)28-12-5-9-25(21-28)24-8-4-10-26(20-24)33(45)35(47)44-19-7-16-32-31(23-44)34(46)43-36(42-32)37(17-18-37)27-11-6-15-30(22-27)48-29-13-2-1-3-14-29/h1-6,8-15,20-22,33,45H,7,16-19,23H2,(H,42,43,46)/t33-/m1/s1. The number of ether oxygens (including phenoxy) is 1. The third-order valence-electron chi connectivity index (χ3n) is 9.13. The van der Waals surface area contributed by atoms with Crippen molar-refractivity contribution in [2.24, 2.45) is 0 Å². The Hall–Kier alpha value is -5.22. The van der Waals surface area contributed by atoms with E-state index in [1.54, 1.807) is 24.3 Å². The maximum absolute atomic E-state index is 13.6. The number of H-pyrrole nitrogens is 1. The van der Waals surface area contributed by atoms with Crippen molar-refractivity contribution in [1.82, 2.24) is 14.9 Å². The molecule has 1 atom stereocenters. The van der Waals surface area contributed by atoms with Gasteiger partial charge in [0, 0.05) is 6.54 Å². The van der Waals surface area contributed by atoms with Crippen LogP contribution in [0.25, 0.3) is 11.1 Å². The molecule has 1 aliphatic carbocycles. The number of aliphatic hydroxyl groups is 1. The summed E-state index contributed by atoms with van der Waals surface area (Å²) in [6.45, 7) is 0.285. The molecule has 2 N–H and O–H groups in total. The van der Waals surface area contributed by atoms with Gasteiger partial charge in [0.05, 0.1) is 28.8 Å². The molecule has 1 aromatic heterocycles. The summed E-state index contributed by atoms with van der Waals surface area (Å²) in [7, 11) is 0. The topological polar surface area (TPSA) is 95.5 Å². The zero-order valence-corrected chi connectivity index (χ0v) is 25.8. The minimum atomic E-state index is -4.50. The van der Waals surface area contributed by atoms with E-state index in [0.717, 1.165) is 36.3 Å². The SMILES string of the molecule is O=C([C@H](O)c1cccc(-c2cccc(C(F)(F)F)c2)c1)N1CCCc2nc(C3(c4cccc(Oc5ccccc5)c4)CC3)[nH]c(=O)c2C1. The van der Waals surface area contributed by atoms with Gasteiger partial charge in [0.15, 0.2) is 6.10 Å². The van der Waals surface area contributed by atoms with Crippen LogP contribution in [0.3, 0.4) is 0 Å². The number of amides is 1. The Balaban J connectivity index is 1.11. The maximum atomic E-state index is 13.6. The van der Waals surface area contributed by atoms with Crippen molar-refractivity contribution >= 4 is 5.91 Å². The summed E-state index contributed by atoms with van der Waals surface area (Å²) >= 11 is 0. The monoisotopic (exact) mass is 651 g/mol. The van der Waals surface area contributed by atoms with Crippen LogP contribution in [-0.4, -0.2) is 32.4 Å². The predicted molar refractivity (Wildman–Crippen MR) is 173 cm³/mol. The van der Waals surface area contributed by atoms with Crippen LogP contribution in [0.2, 0.25) is 0 Å². The smallest absolute Gasteiger partial charge is 0.416 e. The van der Waals surface area contributed by atoms with E-state index in [0.29, 0.717) is 53.3 Å². The molecule has 244 valence electrons. The van der Waals surface area contributed by atoms with E-state index in [4.69, 9.17) is 9.72 Å². The quantitative estimate of drug-likeness (QED) is 0.192. The molecule has 5 aromatic rings. The van der Waals surface area contributed by atoms with Gasteiger partial charge in [-0.15, -0.1) is 0 Å². The number of fused-ring (bicyclic) bond motifs is 1. The second kappa shape index (κ2) is 12.4. The fourth-order valence-corrected chi connectivity index (χ4v) is 6.38. The van der Waals surface area contributed by atoms with E-state index >= 15 is 0 Å². The summed E-state index contributed by atoms with van der Waals surface area (Å²) in [4.78, 5) is 36.5. The molecule has 1 aliphatic heterocycles. The molecule has 1 saturated carbocycles. The van der Waals surface area contributed by atoms with Gasteiger partial charge in [0.1, 0.15) is 17.3 Å². The summed E-state index contributed by atoms with van der Waals surface area (Å²) in [5.74, 6) is 1.41. The number of carbonyl (C=O) groups excluding carboxylic acids is 1. The summed E-state index contributed by atoms with van der Waals surface area (Å²) in [6.07, 6.45) is -3.39. The highest BCUT2D eigenvalue weighted by Crippen LogP contribution is 2.52. The molecule has 7 rings (SSSR count). The van der Waals surface area contributed by atoms with Gasteiger partial charge in [0.2, 0.25) is 0 Å². The highest BCUT2D eigenvalue weighted by atomic mass is 19.4. The molecule has 0 radical (unpaired) electrons. The first kappa shape index (κ1) is 31.4. The molecule has 1 amide bonds. The number of nitrogens with one attached hydrogen (secondary N) is 1. The molecule has 0 bridgehead atoms. The number of aromatic nitrogens is 2. The third kappa shape index (κ3) is 6.23. The van der Waals surface area contributed by atoms with Crippen LogP contribution < -0.4 is 10.3 Å². The van der Waals surface area contributed by atoms with Crippen LogP contribution in [0.5, 0.6) is 11.5 Å². The van der Waals surface area contributed by atoms with Crippen LogP contribution in [0.1, 0.15) is 59.1 Å². The molecular formula is C38H32F3N3O4. The van der Waals surface area contributed by atoms with Crippen LogP contribution >= 0.6 is 0 Å². The second-order valence-electron chi connectivity index (χ2n) is 12.3. The Morgan fingerprint density at radius 3 is 2.35 bits per heavy atom. The van der Waals surface area contributed by atoms with E-state index in [2.05, 4.69) is 4.98 Å². The normalized spacial score (nSPS) is 16.0. The maximum Gasteiger partial charge on any atom is 0.416 e. The number of aromatic amines is 1. The molecule has 0 unspecified atom stereocenters.